The maximum absolute atomic E-state index is 13.1. The van der Waals surface area contributed by atoms with Crippen molar-refractivity contribution in [2.24, 2.45) is 0 Å². The molecule has 0 radical (unpaired) electrons. The highest BCUT2D eigenvalue weighted by atomic mass is 79.9. The highest BCUT2D eigenvalue weighted by Gasteiger charge is 2.23. The van der Waals surface area contributed by atoms with Crippen LogP contribution in [0.3, 0.4) is 0 Å². The van der Waals surface area contributed by atoms with E-state index in [-0.39, 0.29) is 4.47 Å². The Labute approximate surface area is 85.8 Å². The van der Waals surface area contributed by atoms with Crippen LogP contribution in [0.15, 0.2) is 10.5 Å². The largest absolute Gasteiger partial charge is 0.465 e. The van der Waals surface area contributed by atoms with Crippen molar-refractivity contribution in [3.05, 3.63) is 33.6 Å². The van der Waals surface area contributed by atoms with Gasteiger partial charge in [0.05, 0.1) is 11.6 Å². The normalized spacial score (nSPS) is 10.1. The van der Waals surface area contributed by atoms with Gasteiger partial charge < -0.3 is 4.74 Å². The lowest BCUT2D eigenvalue weighted by atomic mass is 10.2. The molecule has 0 amide bonds. The molecule has 0 aromatic heterocycles. The lowest BCUT2D eigenvalue weighted by Gasteiger charge is -2.04. The van der Waals surface area contributed by atoms with Gasteiger partial charge in [-0.05, 0) is 22.0 Å². The Bertz CT molecular complexity index is 366. The first-order chi connectivity index (χ1) is 6.49. The zero-order valence-electron chi connectivity index (χ0n) is 6.91. The summed E-state index contributed by atoms with van der Waals surface area (Å²) in [5.74, 6) is -5.33. The molecule has 1 aromatic rings. The number of rotatable bonds is 1. The molecule has 0 aliphatic rings. The van der Waals surface area contributed by atoms with Gasteiger partial charge in [-0.1, -0.05) is 0 Å². The van der Waals surface area contributed by atoms with E-state index in [0.29, 0.717) is 6.07 Å². The molecule has 2 nitrogen and oxygen atoms in total. The molecule has 0 aliphatic heterocycles. The van der Waals surface area contributed by atoms with Gasteiger partial charge in [0.15, 0.2) is 17.5 Å². The van der Waals surface area contributed by atoms with E-state index < -0.39 is 29.0 Å². The Kier molecular flexibility index (Phi) is 3.15. The predicted octanol–water partition coefficient (Wildman–Crippen LogP) is 2.65. The molecule has 0 saturated carbocycles. The van der Waals surface area contributed by atoms with E-state index in [0.717, 1.165) is 7.11 Å². The zero-order chi connectivity index (χ0) is 10.9. The topological polar surface area (TPSA) is 26.3 Å². The average molecular weight is 269 g/mol. The van der Waals surface area contributed by atoms with Crippen LogP contribution in [0.5, 0.6) is 0 Å². The second-order valence-corrected chi connectivity index (χ2v) is 3.19. The number of ether oxygens (including phenoxy) is 1. The van der Waals surface area contributed by atoms with E-state index in [2.05, 4.69) is 20.7 Å². The smallest absolute Gasteiger partial charge is 0.344 e. The number of carbonyl (C=O) groups is 1. The van der Waals surface area contributed by atoms with Crippen molar-refractivity contribution < 1.29 is 22.7 Å². The standard InChI is InChI=1S/C8H4BrF3O2/c1-14-8(13)5-6(11)3(9)2-4(10)7(5)12/h2H,1H3. The van der Waals surface area contributed by atoms with Crippen LogP contribution in [-0.4, -0.2) is 13.1 Å². The van der Waals surface area contributed by atoms with Crippen LogP contribution in [0.2, 0.25) is 0 Å². The van der Waals surface area contributed by atoms with Crippen LogP contribution < -0.4 is 0 Å². The quantitative estimate of drug-likeness (QED) is 0.578. The summed E-state index contributed by atoms with van der Waals surface area (Å²) in [6.07, 6.45) is 0. The molecule has 0 saturated heterocycles. The molecule has 1 aromatic carbocycles. The molecule has 76 valence electrons. The third-order valence-electron chi connectivity index (χ3n) is 1.50. The van der Waals surface area contributed by atoms with E-state index in [4.69, 9.17) is 0 Å². The van der Waals surface area contributed by atoms with E-state index in [1.54, 1.807) is 0 Å². The van der Waals surface area contributed by atoms with Gasteiger partial charge in [0, 0.05) is 0 Å². The van der Waals surface area contributed by atoms with Crippen molar-refractivity contribution in [2.45, 2.75) is 0 Å². The van der Waals surface area contributed by atoms with Crippen molar-refractivity contribution in [3.63, 3.8) is 0 Å². The fourth-order valence-corrected chi connectivity index (χ4v) is 1.25. The van der Waals surface area contributed by atoms with E-state index in [1.165, 1.54) is 0 Å². The molecule has 6 heteroatoms. The summed E-state index contributed by atoms with van der Waals surface area (Å²) in [4.78, 5) is 10.9. The molecule has 0 unspecified atom stereocenters. The minimum Gasteiger partial charge on any atom is -0.465 e. The number of halogens is 4. The molecule has 0 spiro atoms. The molecular formula is C8H4BrF3O2. The summed E-state index contributed by atoms with van der Waals surface area (Å²) in [7, 11) is 0.944. The number of benzene rings is 1. The van der Waals surface area contributed by atoms with Crippen LogP contribution in [0.25, 0.3) is 0 Å². The van der Waals surface area contributed by atoms with Gasteiger partial charge in [-0.25, -0.2) is 18.0 Å². The lowest BCUT2D eigenvalue weighted by Crippen LogP contribution is -2.10. The SMILES string of the molecule is COC(=O)c1c(F)c(F)cc(Br)c1F. The van der Waals surface area contributed by atoms with Gasteiger partial charge in [-0.15, -0.1) is 0 Å². The zero-order valence-corrected chi connectivity index (χ0v) is 8.49. The first-order valence-corrected chi connectivity index (χ1v) is 4.19. The van der Waals surface area contributed by atoms with Crippen LogP contribution in [0.1, 0.15) is 10.4 Å². The fraction of sp³-hybridized carbons (Fsp3) is 0.125. The summed E-state index contributed by atoms with van der Waals surface area (Å²) in [6.45, 7) is 0. The number of carbonyl (C=O) groups excluding carboxylic acids is 1. The molecule has 0 aliphatic carbocycles. The fourth-order valence-electron chi connectivity index (χ4n) is 0.854. The highest BCUT2D eigenvalue weighted by Crippen LogP contribution is 2.24. The third-order valence-corrected chi connectivity index (χ3v) is 2.08. The molecule has 0 fully saturated rings. The first-order valence-electron chi connectivity index (χ1n) is 3.40. The number of hydrogen-bond acceptors (Lipinski definition) is 2. The first kappa shape index (κ1) is 11.0. The molecule has 1 rings (SSSR count). The Morgan fingerprint density at radius 3 is 2.43 bits per heavy atom. The van der Waals surface area contributed by atoms with Crippen LogP contribution in [0.4, 0.5) is 13.2 Å². The van der Waals surface area contributed by atoms with Gasteiger partial charge in [0.25, 0.3) is 0 Å². The van der Waals surface area contributed by atoms with Crippen molar-refractivity contribution in [1.82, 2.24) is 0 Å². The molecule has 0 heterocycles. The lowest BCUT2D eigenvalue weighted by molar-refractivity contribution is 0.0588. The van der Waals surface area contributed by atoms with Crippen LogP contribution >= 0.6 is 15.9 Å². The number of methoxy groups -OCH3 is 1. The van der Waals surface area contributed by atoms with E-state index in [9.17, 15) is 18.0 Å². The molecule has 0 atom stereocenters. The molecule has 14 heavy (non-hydrogen) atoms. The van der Waals surface area contributed by atoms with Gasteiger partial charge >= 0.3 is 5.97 Å². The van der Waals surface area contributed by atoms with Gasteiger partial charge in [-0.2, -0.15) is 0 Å². The summed E-state index contributed by atoms with van der Waals surface area (Å²) >= 11 is 2.64. The second-order valence-electron chi connectivity index (χ2n) is 2.33. The predicted molar refractivity (Wildman–Crippen MR) is 45.4 cm³/mol. The minimum atomic E-state index is -1.56. The van der Waals surface area contributed by atoms with Crippen molar-refractivity contribution >= 4 is 21.9 Å². The summed E-state index contributed by atoms with van der Waals surface area (Å²) in [5.41, 5.74) is -1.04. The minimum absolute atomic E-state index is 0.336. The number of hydrogen-bond donors (Lipinski definition) is 0. The van der Waals surface area contributed by atoms with E-state index in [1.807, 2.05) is 0 Å². The van der Waals surface area contributed by atoms with Crippen molar-refractivity contribution in [1.29, 1.82) is 0 Å². The van der Waals surface area contributed by atoms with Gasteiger partial charge in [0.1, 0.15) is 5.56 Å². The third kappa shape index (κ3) is 1.75. The summed E-state index contributed by atoms with van der Waals surface area (Å²) in [5, 5.41) is 0. The Hall–Kier alpha value is -1.04. The van der Waals surface area contributed by atoms with Gasteiger partial charge in [0.2, 0.25) is 0 Å². The molecule has 0 bridgehead atoms. The van der Waals surface area contributed by atoms with E-state index >= 15 is 0 Å². The number of esters is 1. The highest BCUT2D eigenvalue weighted by molar-refractivity contribution is 9.10. The van der Waals surface area contributed by atoms with Gasteiger partial charge in [-0.3, -0.25) is 0 Å². The Balaban J connectivity index is 3.47. The van der Waals surface area contributed by atoms with Crippen LogP contribution in [0, 0.1) is 17.5 Å². The summed E-state index contributed by atoms with van der Waals surface area (Å²) in [6, 6.07) is 0.594. The Morgan fingerprint density at radius 1 is 1.36 bits per heavy atom. The maximum Gasteiger partial charge on any atom is 0.344 e. The maximum atomic E-state index is 13.1. The van der Waals surface area contributed by atoms with Crippen molar-refractivity contribution in [3.8, 4) is 0 Å². The average Bonchev–Trinajstić information content (AvgIpc) is 2.15. The Morgan fingerprint density at radius 2 is 1.93 bits per heavy atom. The van der Waals surface area contributed by atoms with Crippen LogP contribution in [-0.2, 0) is 4.74 Å². The monoisotopic (exact) mass is 268 g/mol. The molecular weight excluding hydrogens is 265 g/mol. The van der Waals surface area contributed by atoms with Crippen molar-refractivity contribution in [2.75, 3.05) is 7.11 Å². The second kappa shape index (κ2) is 4.00. The summed E-state index contributed by atoms with van der Waals surface area (Å²) < 4.78 is 42.6. The molecule has 0 N–H and O–H groups in total.